The molecule has 7 heteroatoms. The molecule has 2 aliphatic heterocycles. The standard InChI is InChI=1S/C33H40BrN3O3/c34-31-22-27(33(39)7-4-20-40-30-5-2-1-3-6-30)23-35-32(31)21-25-12-18-37(19-13-25)28-14-16-36(17-15-28)24-26-8-10-29(38)11-9-26/h1-3,5-6,8-11,22-23,25,28,38H,4,7,12-21,24H2. The molecule has 0 spiro atoms. The number of para-hydroxylation sites is 1. The summed E-state index contributed by atoms with van der Waals surface area (Å²) in [7, 11) is 0. The van der Waals surface area contributed by atoms with Gasteiger partial charge >= 0.3 is 0 Å². The maximum absolute atomic E-state index is 12.7. The highest BCUT2D eigenvalue weighted by Crippen LogP contribution is 2.29. The van der Waals surface area contributed by atoms with Gasteiger partial charge in [0.05, 0.1) is 12.3 Å². The maximum atomic E-state index is 12.7. The minimum Gasteiger partial charge on any atom is -0.508 e. The van der Waals surface area contributed by atoms with E-state index in [0.717, 1.165) is 55.1 Å². The first-order valence-corrected chi connectivity index (χ1v) is 15.4. The predicted molar refractivity (Wildman–Crippen MR) is 162 cm³/mol. The van der Waals surface area contributed by atoms with Crippen LogP contribution in [0.1, 0.15) is 60.1 Å². The molecule has 2 aliphatic rings. The number of aromatic hydroxyl groups is 1. The number of nitrogens with zero attached hydrogens (tertiary/aromatic N) is 3. The fraction of sp³-hybridized carbons (Fsp3) is 0.455. The van der Waals surface area contributed by atoms with Crippen molar-refractivity contribution >= 4 is 21.7 Å². The summed E-state index contributed by atoms with van der Waals surface area (Å²) in [6, 6.07) is 19.9. The topological polar surface area (TPSA) is 65.9 Å². The number of halogens is 1. The van der Waals surface area contributed by atoms with Crippen LogP contribution in [0.5, 0.6) is 11.5 Å². The van der Waals surface area contributed by atoms with Gasteiger partial charge in [0.15, 0.2) is 5.78 Å². The van der Waals surface area contributed by atoms with Gasteiger partial charge < -0.3 is 14.7 Å². The number of ketones is 1. The summed E-state index contributed by atoms with van der Waals surface area (Å²) in [6.45, 7) is 6.07. The van der Waals surface area contributed by atoms with E-state index >= 15 is 0 Å². The molecule has 1 aromatic heterocycles. The van der Waals surface area contributed by atoms with Crippen LogP contribution in [-0.4, -0.2) is 64.5 Å². The summed E-state index contributed by atoms with van der Waals surface area (Å²) < 4.78 is 6.65. The first-order chi connectivity index (χ1) is 19.5. The lowest BCUT2D eigenvalue weighted by Gasteiger charge is -2.42. The molecule has 2 saturated heterocycles. The Balaban J connectivity index is 1.01. The second-order valence-corrected chi connectivity index (χ2v) is 12.1. The van der Waals surface area contributed by atoms with Crippen LogP contribution in [0.2, 0.25) is 0 Å². The Kier molecular flexibility index (Phi) is 10.2. The van der Waals surface area contributed by atoms with Gasteiger partial charge in [-0.2, -0.15) is 0 Å². The molecule has 0 aliphatic carbocycles. The van der Waals surface area contributed by atoms with Gasteiger partial charge in [0.1, 0.15) is 11.5 Å². The van der Waals surface area contributed by atoms with Crippen molar-refractivity contribution in [3.8, 4) is 11.5 Å². The highest BCUT2D eigenvalue weighted by atomic mass is 79.9. The van der Waals surface area contributed by atoms with Crippen LogP contribution in [0.25, 0.3) is 0 Å². The number of aromatic nitrogens is 1. The van der Waals surface area contributed by atoms with Crippen molar-refractivity contribution in [3.05, 3.63) is 88.2 Å². The molecule has 0 amide bonds. The van der Waals surface area contributed by atoms with Crippen LogP contribution >= 0.6 is 15.9 Å². The van der Waals surface area contributed by atoms with E-state index in [2.05, 4.69) is 25.7 Å². The van der Waals surface area contributed by atoms with Crippen molar-refractivity contribution in [1.29, 1.82) is 0 Å². The molecular weight excluding hydrogens is 566 g/mol. The van der Waals surface area contributed by atoms with Crippen molar-refractivity contribution in [2.75, 3.05) is 32.8 Å². The molecule has 212 valence electrons. The Morgan fingerprint density at radius 1 is 0.975 bits per heavy atom. The van der Waals surface area contributed by atoms with Gasteiger partial charge in [0.2, 0.25) is 0 Å². The van der Waals surface area contributed by atoms with Gasteiger partial charge in [-0.15, -0.1) is 0 Å². The van der Waals surface area contributed by atoms with E-state index in [9.17, 15) is 9.90 Å². The average molecular weight is 607 g/mol. The molecule has 0 atom stereocenters. The molecule has 2 aromatic carbocycles. The molecule has 1 N–H and O–H groups in total. The normalized spacial score (nSPS) is 17.6. The lowest BCUT2D eigenvalue weighted by Crippen LogP contribution is -2.47. The molecule has 0 saturated carbocycles. The van der Waals surface area contributed by atoms with Gasteiger partial charge in [0.25, 0.3) is 0 Å². The van der Waals surface area contributed by atoms with E-state index in [0.29, 0.717) is 42.7 Å². The summed E-state index contributed by atoms with van der Waals surface area (Å²) in [5.74, 6) is 1.91. The second-order valence-electron chi connectivity index (χ2n) is 11.2. The van der Waals surface area contributed by atoms with E-state index in [-0.39, 0.29) is 5.78 Å². The molecule has 6 nitrogen and oxygen atoms in total. The number of carbonyl (C=O) groups excluding carboxylic acids is 1. The van der Waals surface area contributed by atoms with Gasteiger partial charge in [-0.25, -0.2) is 0 Å². The van der Waals surface area contributed by atoms with Crippen molar-refractivity contribution in [2.45, 2.75) is 57.5 Å². The molecule has 40 heavy (non-hydrogen) atoms. The third-order valence-corrected chi connectivity index (χ3v) is 9.03. The van der Waals surface area contributed by atoms with Gasteiger partial charge in [-0.05, 0) is 122 Å². The van der Waals surface area contributed by atoms with Crippen molar-refractivity contribution in [1.82, 2.24) is 14.8 Å². The van der Waals surface area contributed by atoms with E-state index in [1.165, 1.54) is 31.2 Å². The Hall–Kier alpha value is -2.74. The quantitative estimate of drug-likeness (QED) is 0.198. The van der Waals surface area contributed by atoms with Crippen LogP contribution < -0.4 is 4.74 Å². The third-order valence-electron chi connectivity index (χ3n) is 8.35. The highest BCUT2D eigenvalue weighted by Gasteiger charge is 2.28. The Morgan fingerprint density at radius 3 is 2.40 bits per heavy atom. The summed E-state index contributed by atoms with van der Waals surface area (Å²) in [6.07, 6.45) is 8.69. The van der Waals surface area contributed by atoms with Crippen molar-refractivity contribution in [3.63, 3.8) is 0 Å². The number of carbonyl (C=O) groups is 1. The highest BCUT2D eigenvalue weighted by molar-refractivity contribution is 9.10. The number of hydrogen-bond donors (Lipinski definition) is 1. The van der Waals surface area contributed by atoms with Crippen LogP contribution in [0.3, 0.4) is 0 Å². The fourth-order valence-corrected chi connectivity index (χ4v) is 6.46. The molecular formula is C33H40BrN3O3. The largest absolute Gasteiger partial charge is 0.508 e. The predicted octanol–water partition coefficient (Wildman–Crippen LogP) is 6.51. The van der Waals surface area contributed by atoms with Crippen molar-refractivity contribution in [2.24, 2.45) is 5.92 Å². The number of likely N-dealkylation sites (tertiary alicyclic amines) is 2. The number of benzene rings is 2. The number of pyridine rings is 1. The zero-order valence-electron chi connectivity index (χ0n) is 23.2. The first kappa shape index (κ1) is 28.8. The summed E-state index contributed by atoms with van der Waals surface area (Å²) in [5, 5.41) is 9.51. The van der Waals surface area contributed by atoms with Crippen LogP contribution in [0, 0.1) is 5.92 Å². The monoisotopic (exact) mass is 605 g/mol. The molecule has 3 aromatic rings. The van der Waals surface area contributed by atoms with E-state index in [4.69, 9.17) is 9.72 Å². The molecule has 5 rings (SSSR count). The van der Waals surface area contributed by atoms with Crippen molar-refractivity contribution < 1.29 is 14.6 Å². The lowest BCUT2D eigenvalue weighted by molar-refractivity contribution is 0.0751. The average Bonchev–Trinajstić information content (AvgIpc) is 2.99. The number of piperidine rings is 2. The number of phenols is 1. The Morgan fingerprint density at radius 2 is 1.70 bits per heavy atom. The smallest absolute Gasteiger partial charge is 0.164 e. The summed E-state index contributed by atoms with van der Waals surface area (Å²) >= 11 is 3.69. The minimum atomic E-state index is 0.110. The Labute approximate surface area is 246 Å². The third kappa shape index (κ3) is 8.15. The number of phenolic OH excluding ortho intramolecular Hbond substituents is 1. The number of Topliss-reactive ketones (excluding diaryl/α,β-unsaturated/α-hetero) is 1. The Bertz CT molecular complexity index is 1220. The van der Waals surface area contributed by atoms with E-state index < -0.39 is 0 Å². The maximum Gasteiger partial charge on any atom is 0.164 e. The summed E-state index contributed by atoms with van der Waals surface area (Å²) in [5.41, 5.74) is 2.99. The van der Waals surface area contributed by atoms with Gasteiger partial charge in [0, 0.05) is 35.2 Å². The van der Waals surface area contributed by atoms with E-state index in [1.807, 2.05) is 48.5 Å². The summed E-state index contributed by atoms with van der Waals surface area (Å²) in [4.78, 5) is 22.6. The number of hydrogen-bond acceptors (Lipinski definition) is 6. The van der Waals surface area contributed by atoms with Crippen LogP contribution in [0.4, 0.5) is 0 Å². The van der Waals surface area contributed by atoms with Gasteiger partial charge in [-0.1, -0.05) is 30.3 Å². The van der Waals surface area contributed by atoms with Gasteiger partial charge in [-0.3, -0.25) is 14.7 Å². The van der Waals surface area contributed by atoms with E-state index in [1.54, 1.807) is 18.3 Å². The second kappa shape index (κ2) is 14.2. The zero-order chi connectivity index (χ0) is 27.7. The van der Waals surface area contributed by atoms with Crippen LogP contribution in [-0.2, 0) is 13.0 Å². The molecule has 2 fully saturated rings. The molecule has 0 radical (unpaired) electrons. The molecule has 0 unspecified atom stereocenters. The lowest BCUT2D eigenvalue weighted by atomic mass is 9.90. The molecule has 0 bridgehead atoms. The number of ether oxygens (including phenoxy) is 1. The zero-order valence-corrected chi connectivity index (χ0v) is 24.8. The SMILES string of the molecule is O=C(CCCOc1ccccc1)c1cnc(CC2CCN(C3CCN(Cc4ccc(O)cc4)CC3)CC2)c(Br)c1. The first-order valence-electron chi connectivity index (χ1n) is 14.6. The minimum absolute atomic E-state index is 0.110. The molecule has 3 heterocycles. The van der Waals surface area contributed by atoms with Crippen LogP contribution in [0.15, 0.2) is 71.3 Å². The fourth-order valence-electron chi connectivity index (χ4n) is 5.95. The number of rotatable bonds is 11.